The van der Waals surface area contributed by atoms with E-state index in [4.69, 9.17) is 0 Å². The van der Waals surface area contributed by atoms with Crippen molar-refractivity contribution in [3.63, 3.8) is 0 Å². The number of carbonyl (C=O) groups is 1. The van der Waals surface area contributed by atoms with Gasteiger partial charge in [-0.1, -0.05) is 54.1 Å². The summed E-state index contributed by atoms with van der Waals surface area (Å²) < 4.78 is 26.2. The Morgan fingerprint density at radius 2 is 1.61 bits per heavy atom. The van der Waals surface area contributed by atoms with Crippen LogP contribution in [0.5, 0.6) is 0 Å². The van der Waals surface area contributed by atoms with E-state index >= 15 is 0 Å². The van der Waals surface area contributed by atoms with E-state index in [0.29, 0.717) is 17.8 Å². The van der Waals surface area contributed by atoms with Crippen LogP contribution in [0.15, 0.2) is 72.8 Å². The average molecular weight is 483 g/mol. The van der Waals surface area contributed by atoms with Gasteiger partial charge in [0.1, 0.15) is 0 Å². The number of sulfonamides is 1. The number of aryl methyl sites for hydroxylation is 2. The molecule has 0 fully saturated rings. The second kappa shape index (κ2) is 11.4. The molecule has 3 aromatic carbocycles. The maximum atomic E-state index is 12.5. The van der Waals surface area contributed by atoms with Crippen LogP contribution in [-0.4, -0.2) is 32.9 Å². The van der Waals surface area contributed by atoms with Gasteiger partial charge in [0.05, 0.1) is 18.5 Å². The van der Waals surface area contributed by atoms with Crippen LogP contribution in [0, 0.1) is 13.8 Å². The number of carbonyl (C=O) groups excluding carboxylic acids is 1. The fourth-order valence-electron chi connectivity index (χ4n) is 3.33. The molecule has 1 N–H and O–H groups in total. The summed E-state index contributed by atoms with van der Waals surface area (Å²) in [6, 6.07) is 22.9. The maximum absolute atomic E-state index is 12.5. The number of thioether (sulfide) groups is 1. The first-order valence-electron chi connectivity index (χ1n) is 10.8. The summed E-state index contributed by atoms with van der Waals surface area (Å²) in [4.78, 5) is 12.5. The van der Waals surface area contributed by atoms with Crippen LogP contribution < -0.4 is 9.62 Å². The number of amides is 1. The monoisotopic (exact) mass is 482 g/mol. The van der Waals surface area contributed by atoms with E-state index in [-0.39, 0.29) is 12.5 Å². The molecule has 0 saturated heterocycles. The van der Waals surface area contributed by atoms with Gasteiger partial charge in [-0.25, -0.2) is 8.42 Å². The number of benzene rings is 3. The summed E-state index contributed by atoms with van der Waals surface area (Å²) in [7, 11) is -3.48. The van der Waals surface area contributed by atoms with E-state index in [9.17, 15) is 13.2 Å². The predicted octanol–water partition coefficient (Wildman–Crippen LogP) is 4.93. The van der Waals surface area contributed by atoms with Gasteiger partial charge in [-0.15, -0.1) is 0 Å². The zero-order valence-corrected chi connectivity index (χ0v) is 20.9. The van der Waals surface area contributed by atoms with Crippen molar-refractivity contribution in [1.29, 1.82) is 0 Å². The van der Waals surface area contributed by atoms with Gasteiger partial charge in [0.25, 0.3) is 5.91 Å². The Hall–Kier alpha value is -2.77. The van der Waals surface area contributed by atoms with Gasteiger partial charge in [-0.2, -0.15) is 11.8 Å². The lowest BCUT2D eigenvalue weighted by atomic mass is 10.1. The molecular weight excluding hydrogens is 452 g/mol. The molecule has 1 amide bonds. The average Bonchev–Trinajstić information content (AvgIpc) is 2.79. The first-order chi connectivity index (χ1) is 15.7. The molecule has 0 unspecified atom stereocenters. The summed E-state index contributed by atoms with van der Waals surface area (Å²) in [6.07, 6.45) is 1.19. The third-order valence-electron chi connectivity index (χ3n) is 5.31. The highest BCUT2D eigenvalue weighted by molar-refractivity contribution is 7.98. The maximum Gasteiger partial charge on any atom is 0.251 e. The van der Waals surface area contributed by atoms with Gasteiger partial charge in [0, 0.05) is 23.6 Å². The van der Waals surface area contributed by atoms with E-state index in [1.54, 1.807) is 36.0 Å². The van der Waals surface area contributed by atoms with E-state index in [2.05, 4.69) is 36.5 Å². The van der Waals surface area contributed by atoms with Crippen LogP contribution >= 0.6 is 11.8 Å². The van der Waals surface area contributed by atoms with Crippen molar-refractivity contribution >= 4 is 33.4 Å². The number of hydrogen-bond acceptors (Lipinski definition) is 4. The van der Waals surface area contributed by atoms with Gasteiger partial charge in [-0.3, -0.25) is 9.10 Å². The largest absolute Gasteiger partial charge is 0.351 e. The molecule has 0 aliphatic rings. The lowest BCUT2D eigenvalue weighted by Crippen LogP contribution is -2.30. The standard InChI is InChI=1S/C26H30N2O3S2/c1-20-8-10-22(11-9-20)19-32-17-16-27-26(29)23-12-14-25(15-13-23)28(33(3,30)31)18-24-7-5-4-6-21(24)2/h4-15H,16-19H2,1-3H3,(H,27,29). The molecule has 0 aliphatic heterocycles. The zero-order valence-electron chi connectivity index (χ0n) is 19.2. The minimum absolute atomic E-state index is 0.165. The lowest BCUT2D eigenvalue weighted by molar-refractivity contribution is 0.0956. The molecule has 5 nitrogen and oxygen atoms in total. The molecule has 0 spiro atoms. The number of nitrogens with zero attached hydrogens (tertiary/aromatic N) is 1. The second-order valence-electron chi connectivity index (χ2n) is 8.04. The molecule has 0 heterocycles. The Bertz CT molecular complexity index is 1170. The normalized spacial score (nSPS) is 11.2. The molecule has 0 aliphatic carbocycles. The third kappa shape index (κ3) is 7.37. The topological polar surface area (TPSA) is 66.5 Å². The van der Waals surface area contributed by atoms with E-state index in [1.807, 2.05) is 31.2 Å². The van der Waals surface area contributed by atoms with E-state index < -0.39 is 10.0 Å². The SMILES string of the molecule is Cc1ccc(CSCCNC(=O)c2ccc(N(Cc3ccccc3C)S(C)(=O)=O)cc2)cc1. The van der Waals surface area contributed by atoms with Gasteiger partial charge in [0.15, 0.2) is 0 Å². The van der Waals surface area contributed by atoms with Gasteiger partial charge in [-0.05, 0) is 54.8 Å². The van der Waals surface area contributed by atoms with Crippen molar-refractivity contribution in [2.75, 3.05) is 22.9 Å². The number of rotatable bonds is 10. The molecular formula is C26H30N2O3S2. The fraction of sp³-hybridized carbons (Fsp3) is 0.269. The Morgan fingerprint density at radius 3 is 2.24 bits per heavy atom. The third-order valence-corrected chi connectivity index (χ3v) is 7.49. The quantitative estimate of drug-likeness (QED) is 0.416. The molecule has 3 aromatic rings. The van der Waals surface area contributed by atoms with Crippen molar-refractivity contribution in [1.82, 2.24) is 5.32 Å². The van der Waals surface area contributed by atoms with Crippen LogP contribution in [0.2, 0.25) is 0 Å². The Labute approximate surface area is 201 Å². The van der Waals surface area contributed by atoms with Crippen molar-refractivity contribution in [2.24, 2.45) is 0 Å². The van der Waals surface area contributed by atoms with Crippen LogP contribution in [0.1, 0.15) is 32.6 Å². The number of anilines is 1. The zero-order chi connectivity index (χ0) is 23.8. The molecule has 0 bridgehead atoms. The number of nitrogens with one attached hydrogen (secondary N) is 1. The van der Waals surface area contributed by atoms with E-state index in [1.165, 1.54) is 21.7 Å². The van der Waals surface area contributed by atoms with Gasteiger partial charge in [0.2, 0.25) is 10.0 Å². The fourth-order valence-corrected chi connectivity index (χ4v) is 5.03. The molecule has 174 valence electrons. The van der Waals surface area contributed by atoms with Crippen LogP contribution in [0.25, 0.3) is 0 Å². The van der Waals surface area contributed by atoms with Gasteiger partial charge < -0.3 is 5.32 Å². The molecule has 33 heavy (non-hydrogen) atoms. The Balaban J connectivity index is 1.55. The molecule has 7 heteroatoms. The van der Waals surface area contributed by atoms with E-state index in [0.717, 1.165) is 22.6 Å². The van der Waals surface area contributed by atoms with Crippen LogP contribution in [0.3, 0.4) is 0 Å². The van der Waals surface area contributed by atoms with Crippen molar-refractivity contribution < 1.29 is 13.2 Å². The molecule has 0 atom stereocenters. The Kier molecular flexibility index (Phi) is 8.58. The Morgan fingerprint density at radius 1 is 0.939 bits per heavy atom. The van der Waals surface area contributed by atoms with Gasteiger partial charge >= 0.3 is 0 Å². The van der Waals surface area contributed by atoms with Crippen LogP contribution in [-0.2, 0) is 22.3 Å². The predicted molar refractivity (Wildman–Crippen MR) is 138 cm³/mol. The summed E-state index contributed by atoms with van der Waals surface area (Å²) >= 11 is 1.77. The second-order valence-corrected chi connectivity index (χ2v) is 11.0. The molecule has 3 rings (SSSR count). The first-order valence-corrected chi connectivity index (χ1v) is 13.8. The summed E-state index contributed by atoms with van der Waals surface area (Å²) in [5.41, 5.74) is 5.53. The molecule has 0 saturated carbocycles. The minimum atomic E-state index is -3.48. The summed E-state index contributed by atoms with van der Waals surface area (Å²) in [5, 5.41) is 2.93. The van der Waals surface area contributed by atoms with Crippen LogP contribution in [0.4, 0.5) is 5.69 Å². The smallest absolute Gasteiger partial charge is 0.251 e. The lowest BCUT2D eigenvalue weighted by Gasteiger charge is -2.23. The highest BCUT2D eigenvalue weighted by Gasteiger charge is 2.19. The molecule has 0 radical (unpaired) electrons. The molecule has 0 aromatic heterocycles. The first kappa shape index (κ1) is 24.9. The summed E-state index contributed by atoms with van der Waals surface area (Å²) in [6.45, 7) is 4.85. The van der Waals surface area contributed by atoms with Crippen molar-refractivity contribution in [3.05, 3.63) is 101 Å². The summed E-state index contributed by atoms with van der Waals surface area (Å²) in [5.74, 6) is 1.56. The van der Waals surface area contributed by atoms with Crippen molar-refractivity contribution in [3.8, 4) is 0 Å². The number of hydrogen-bond donors (Lipinski definition) is 1. The highest BCUT2D eigenvalue weighted by Crippen LogP contribution is 2.22. The van der Waals surface area contributed by atoms with Crippen molar-refractivity contribution in [2.45, 2.75) is 26.1 Å². The minimum Gasteiger partial charge on any atom is -0.351 e. The highest BCUT2D eigenvalue weighted by atomic mass is 32.2.